The molecule has 1 aliphatic heterocycles. The number of ether oxygens (including phenoxy) is 1. The van der Waals surface area contributed by atoms with Crippen LogP contribution in [0.15, 0.2) is 24.3 Å². The fraction of sp³-hybridized carbons (Fsp3) is 0.562. The lowest BCUT2D eigenvalue weighted by Crippen LogP contribution is -2.38. The molecule has 0 saturated carbocycles. The number of nitrogens with one attached hydrogen (secondary N) is 1. The minimum Gasteiger partial charge on any atom is -0.497 e. The van der Waals surface area contributed by atoms with Crippen molar-refractivity contribution in [2.24, 2.45) is 0 Å². The van der Waals surface area contributed by atoms with Crippen molar-refractivity contribution in [3.8, 4) is 5.75 Å². The molecule has 2 rings (SSSR count). The van der Waals surface area contributed by atoms with Gasteiger partial charge in [0.1, 0.15) is 5.75 Å². The van der Waals surface area contributed by atoms with E-state index in [4.69, 9.17) is 4.74 Å². The van der Waals surface area contributed by atoms with Gasteiger partial charge in [-0.3, -0.25) is 4.79 Å². The van der Waals surface area contributed by atoms with Crippen LogP contribution in [-0.4, -0.2) is 44.6 Å². The van der Waals surface area contributed by atoms with Gasteiger partial charge in [0.25, 0.3) is 0 Å². The van der Waals surface area contributed by atoms with Crippen molar-refractivity contribution in [2.45, 2.75) is 25.2 Å². The number of benzene rings is 1. The van der Waals surface area contributed by atoms with Gasteiger partial charge in [0.2, 0.25) is 5.91 Å². The molecule has 0 aliphatic carbocycles. The standard InChI is InChI=1S/C16H24N2O2/c1-17-9-6-16(19)18-10-7-13(8-11-18)14-4-3-5-15(12-14)20-2/h3-5,12-13,17H,6-11H2,1-2H3. The average Bonchev–Trinajstić information content (AvgIpc) is 2.52. The largest absolute Gasteiger partial charge is 0.497 e. The Balaban J connectivity index is 1.88. The Morgan fingerprint density at radius 2 is 2.15 bits per heavy atom. The molecule has 1 aliphatic rings. The number of likely N-dealkylation sites (tertiary alicyclic amines) is 1. The topological polar surface area (TPSA) is 41.6 Å². The van der Waals surface area contributed by atoms with E-state index in [9.17, 15) is 4.79 Å². The molecule has 1 amide bonds. The van der Waals surface area contributed by atoms with Gasteiger partial charge in [-0.25, -0.2) is 0 Å². The SMILES string of the molecule is CNCCC(=O)N1CCC(c2cccc(OC)c2)CC1. The maximum absolute atomic E-state index is 12.0. The second kappa shape index (κ2) is 7.29. The summed E-state index contributed by atoms with van der Waals surface area (Å²) in [7, 11) is 3.57. The molecule has 1 saturated heterocycles. The van der Waals surface area contributed by atoms with Gasteiger partial charge < -0.3 is 15.0 Å². The summed E-state index contributed by atoms with van der Waals surface area (Å²) in [5.41, 5.74) is 1.33. The van der Waals surface area contributed by atoms with Gasteiger partial charge in [0.05, 0.1) is 7.11 Å². The summed E-state index contributed by atoms with van der Waals surface area (Å²) in [5, 5.41) is 3.02. The highest BCUT2D eigenvalue weighted by molar-refractivity contribution is 5.76. The molecule has 110 valence electrons. The van der Waals surface area contributed by atoms with E-state index < -0.39 is 0 Å². The Morgan fingerprint density at radius 1 is 1.40 bits per heavy atom. The summed E-state index contributed by atoms with van der Waals surface area (Å²) in [5.74, 6) is 1.72. The monoisotopic (exact) mass is 276 g/mol. The van der Waals surface area contributed by atoms with Crippen molar-refractivity contribution in [2.75, 3.05) is 33.8 Å². The van der Waals surface area contributed by atoms with Crippen LogP contribution in [0, 0.1) is 0 Å². The molecule has 0 unspecified atom stereocenters. The number of piperidine rings is 1. The molecule has 20 heavy (non-hydrogen) atoms. The smallest absolute Gasteiger partial charge is 0.223 e. The number of carbonyl (C=O) groups is 1. The number of amides is 1. The molecule has 0 spiro atoms. The maximum Gasteiger partial charge on any atom is 0.223 e. The summed E-state index contributed by atoms with van der Waals surface area (Å²) >= 11 is 0. The van der Waals surface area contributed by atoms with Gasteiger partial charge in [-0.2, -0.15) is 0 Å². The lowest BCUT2D eigenvalue weighted by Gasteiger charge is -2.32. The van der Waals surface area contributed by atoms with Crippen LogP contribution >= 0.6 is 0 Å². The molecule has 1 N–H and O–H groups in total. The average molecular weight is 276 g/mol. The third-order valence-corrected chi connectivity index (χ3v) is 4.00. The van der Waals surface area contributed by atoms with Crippen molar-refractivity contribution in [3.63, 3.8) is 0 Å². The molecule has 1 aromatic rings. The summed E-state index contributed by atoms with van der Waals surface area (Å²) in [6.45, 7) is 2.49. The third kappa shape index (κ3) is 3.73. The van der Waals surface area contributed by atoms with Crippen LogP contribution in [0.2, 0.25) is 0 Å². The lowest BCUT2D eigenvalue weighted by molar-refractivity contribution is -0.132. The van der Waals surface area contributed by atoms with Crippen LogP contribution in [0.1, 0.15) is 30.7 Å². The van der Waals surface area contributed by atoms with Crippen molar-refractivity contribution in [3.05, 3.63) is 29.8 Å². The normalized spacial score (nSPS) is 16.2. The Labute approximate surface area is 121 Å². The molecule has 4 heteroatoms. The maximum atomic E-state index is 12.0. The van der Waals surface area contributed by atoms with Gasteiger partial charge in [0, 0.05) is 26.1 Å². The Kier molecular flexibility index (Phi) is 5.41. The fourth-order valence-corrected chi connectivity index (χ4v) is 2.75. The molecule has 0 bridgehead atoms. The Hall–Kier alpha value is -1.55. The molecule has 1 fully saturated rings. The number of hydrogen-bond donors (Lipinski definition) is 1. The highest BCUT2D eigenvalue weighted by Crippen LogP contribution is 2.30. The fourth-order valence-electron chi connectivity index (χ4n) is 2.75. The first kappa shape index (κ1) is 14.9. The molecule has 0 aromatic heterocycles. The van der Waals surface area contributed by atoms with Crippen LogP contribution in [0.3, 0.4) is 0 Å². The van der Waals surface area contributed by atoms with Crippen LogP contribution in [0.4, 0.5) is 0 Å². The quantitative estimate of drug-likeness (QED) is 0.894. The number of nitrogens with zero attached hydrogens (tertiary/aromatic N) is 1. The molecule has 4 nitrogen and oxygen atoms in total. The summed E-state index contributed by atoms with van der Waals surface area (Å²) in [6.07, 6.45) is 2.68. The number of methoxy groups -OCH3 is 1. The van der Waals surface area contributed by atoms with Gasteiger partial charge in [0.15, 0.2) is 0 Å². The van der Waals surface area contributed by atoms with Crippen LogP contribution in [0.5, 0.6) is 5.75 Å². The highest BCUT2D eigenvalue weighted by Gasteiger charge is 2.23. The first-order valence-electron chi connectivity index (χ1n) is 7.31. The van der Waals surface area contributed by atoms with Crippen molar-refractivity contribution in [1.29, 1.82) is 0 Å². The number of carbonyl (C=O) groups excluding carboxylic acids is 1. The minimum absolute atomic E-state index is 0.267. The van der Waals surface area contributed by atoms with E-state index in [0.29, 0.717) is 12.3 Å². The van der Waals surface area contributed by atoms with E-state index in [1.54, 1.807) is 7.11 Å². The molecule has 1 heterocycles. The molecular weight excluding hydrogens is 252 g/mol. The zero-order chi connectivity index (χ0) is 14.4. The van der Waals surface area contributed by atoms with Crippen molar-refractivity contribution in [1.82, 2.24) is 10.2 Å². The minimum atomic E-state index is 0.267. The van der Waals surface area contributed by atoms with E-state index >= 15 is 0 Å². The van der Waals surface area contributed by atoms with Crippen molar-refractivity contribution < 1.29 is 9.53 Å². The van der Waals surface area contributed by atoms with Crippen LogP contribution in [-0.2, 0) is 4.79 Å². The molecule has 1 aromatic carbocycles. The number of hydrogen-bond acceptors (Lipinski definition) is 3. The highest BCUT2D eigenvalue weighted by atomic mass is 16.5. The third-order valence-electron chi connectivity index (χ3n) is 4.00. The van der Waals surface area contributed by atoms with E-state index in [-0.39, 0.29) is 5.91 Å². The van der Waals surface area contributed by atoms with Crippen LogP contribution < -0.4 is 10.1 Å². The Bertz CT molecular complexity index is 440. The zero-order valence-electron chi connectivity index (χ0n) is 12.4. The second-order valence-corrected chi connectivity index (χ2v) is 5.29. The van der Waals surface area contributed by atoms with Crippen molar-refractivity contribution >= 4 is 5.91 Å². The van der Waals surface area contributed by atoms with E-state index in [0.717, 1.165) is 38.2 Å². The predicted molar refractivity (Wildman–Crippen MR) is 80.1 cm³/mol. The zero-order valence-corrected chi connectivity index (χ0v) is 12.4. The first-order chi connectivity index (χ1) is 9.74. The molecule has 0 radical (unpaired) electrons. The van der Waals surface area contributed by atoms with Gasteiger partial charge in [-0.1, -0.05) is 12.1 Å². The van der Waals surface area contributed by atoms with E-state index in [2.05, 4.69) is 17.4 Å². The van der Waals surface area contributed by atoms with E-state index in [1.807, 2.05) is 24.1 Å². The molecule has 0 atom stereocenters. The number of rotatable bonds is 5. The summed E-state index contributed by atoms with van der Waals surface area (Å²) in [4.78, 5) is 14.0. The van der Waals surface area contributed by atoms with Gasteiger partial charge in [-0.15, -0.1) is 0 Å². The summed E-state index contributed by atoms with van der Waals surface area (Å²) in [6, 6.07) is 8.29. The molecular formula is C16H24N2O2. The lowest BCUT2D eigenvalue weighted by atomic mass is 9.89. The second-order valence-electron chi connectivity index (χ2n) is 5.29. The Morgan fingerprint density at radius 3 is 2.80 bits per heavy atom. The summed E-state index contributed by atoms with van der Waals surface area (Å²) < 4.78 is 5.28. The van der Waals surface area contributed by atoms with E-state index in [1.165, 1.54) is 5.56 Å². The van der Waals surface area contributed by atoms with Crippen LogP contribution in [0.25, 0.3) is 0 Å². The first-order valence-corrected chi connectivity index (χ1v) is 7.31. The van der Waals surface area contributed by atoms with Gasteiger partial charge >= 0.3 is 0 Å². The predicted octanol–water partition coefficient (Wildman–Crippen LogP) is 2.01. The van der Waals surface area contributed by atoms with Gasteiger partial charge in [-0.05, 0) is 43.5 Å².